The molecule has 0 aliphatic carbocycles. The molecule has 0 atom stereocenters. The maximum Gasteiger partial charge on any atom is 0.119 e. The summed E-state index contributed by atoms with van der Waals surface area (Å²) < 4.78 is 5.43. The van der Waals surface area contributed by atoms with Crippen LogP contribution in [-0.4, -0.2) is 6.61 Å². The third-order valence-corrected chi connectivity index (χ3v) is 4.06. The van der Waals surface area contributed by atoms with Crippen molar-refractivity contribution >= 4 is 16.3 Å². The molecule has 1 heterocycles. The smallest absolute Gasteiger partial charge is 0.119 e. The summed E-state index contributed by atoms with van der Waals surface area (Å²) in [6.07, 6.45) is 0.874. The van der Waals surface area contributed by atoms with Gasteiger partial charge in [-0.2, -0.15) is 5.26 Å². The zero-order valence-electron chi connectivity index (χ0n) is 11.1. The molecule has 0 bridgehead atoms. The van der Waals surface area contributed by atoms with E-state index in [-0.39, 0.29) is 0 Å². The Hall–Kier alpha value is -1.99. The van der Waals surface area contributed by atoms with Gasteiger partial charge >= 0.3 is 0 Å². The van der Waals surface area contributed by atoms with E-state index in [9.17, 15) is 5.26 Å². The van der Waals surface area contributed by atoms with Crippen molar-refractivity contribution in [1.82, 2.24) is 0 Å². The summed E-state index contributed by atoms with van der Waals surface area (Å²) in [6, 6.07) is 10.0. The summed E-state index contributed by atoms with van der Waals surface area (Å²) in [6.45, 7) is 4.68. The van der Waals surface area contributed by atoms with Gasteiger partial charge in [-0.15, -0.1) is 11.3 Å². The van der Waals surface area contributed by atoms with E-state index < -0.39 is 0 Å². The van der Waals surface area contributed by atoms with Crippen molar-refractivity contribution in [2.45, 2.75) is 20.3 Å². The van der Waals surface area contributed by atoms with Crippen LogP contribution in [0.15, 0.2) is 24.3 Å². The average Bonchev–Trinajstić information content (AvgIpc) is 2.76. The minimum absolute atomic E-state index is 0.589. The van der Waals surface area contributed by atoms with Crippen molar-refractivity contribution in [3.05, 3.63) is 34.7 Å². The summed E-state index contributed by atoms with van der Waals surface area (Å²) >= 11 is 1.50. The molecule has 98 valence electrons. The van der Waals surface area contributed by atoms with E-state index in [1.807, 2.05) is 31.2 Å². The van der Waals surface area contributed by atoms with Crippen LogP contribution in [0.1, 0.15) is 24.3 Å². The zero-order chi connectivity index (χ0) is 13.8. The minimum atomic E-state index is 0.589. The van der Waals surface area contributed by atoms with Gasteiger partial charge in [0.15, 0.2) is 0 Å². The fraction of sp³-hybridized carbons (Fsp3) is 0.267. The molecule has 0 saturated heterocycles. The number of thiophene rings is 1. The number of benzene rings is 1. The Morgan fingerprint density at radius 2 is 1.95 bits per heavy atom. The molecule has 3 nitrogen and oxygen atoms in total. The van der Waals surface area contributed by atoms with E-state index >= 15 is 0 Å². The molecule has 1 aromatic heterocycles. The number of nitriles is 1. The number of nitrogens with zero attached hydrogens (tertiary/aromatic N) is 1. The van der Waals surface area contributed by atoms with Crippen molar-refractivity contribution in [2.75, 3.05) is 12.3 Å². The van der Waals surface area contributed by atoms with Crippen LogP contribution in [0.25, 0.3) is 11.1 Å². The third-order valence-electron chi connectivity index (χ3n) is 2.90. The fourth-order valence-electron chi connectivity index (χ4n) is 2.05. The van der Waals surface area contributed by atoms with Gasteiger partial charge in [0, 0.05) is 10.4 Å². The molecular weight excluding hydrogens is 256 g/mol. The van der Waals surface area contributed by atoms with Gasteiger partial charge in [0.25, 0.3) is 0 Å². The second-order valence-corrected chi connectivity index (χ2v) is 5.20. The number of hydrogen-bond acceptors (Lipinski definition) is 4. The number of nitrogens with two attached hydrogens (primary N) is 1. The highest BCUT2D eigenvalue weighted by Crippen LogP contribution is 2.38. The monoisotopic (exact) mass is 272 g/mol. The Bertz CT molecular complexity index is 608. The SMILES string of the molecule is CCOc1ccc(-c2c(CC)sc(N)c2C#N)cc1. The maximum absolute atomic E-state index is 9.26. The number of aryl methyl sites for hydroxylation is 1. The summed E-state index contributed by atoms with van der Waals surface area (Å²) in [5, 5.41) is 9.86. The van der Waals surface area contributed by atoms with Crippen LogP contribution >= 0.6 is 11.3 Å². The molecular formula is C15H16N2OS. The summed E-state index contributed by atoms with van der Waals surface area (Å²) in [7, 11) is 0. The first-order chi connectivity index (χ1) is 9.21. The maximum atomic E-state index is 9.26. The van der Waals surface area contributed by atoms with Gasteiger partial charge in [-0.25, -0.2) is 0 Å². The predicted octanol–water partition coefficient (Wildman–Crippen LogP) is 3.83. The second-order valence-electron chi connectivity index (χ2n) is 4.06. The first kappa shape index (κ1) is 13.4. The van der Waals surface area contributed by atoms with E-state index in [2.05, 4.69) is 13.0 Å². The molecule has 0 unspecified atom stereocenters. The largest absolute Gasteiger partial charge is 0.494 e. The summed E-state index contributed by atoms with van der Waals surface area (Å²) in [5.74, 6) is 0.839. The Kier molecular flexibility index (Phi) is 4.08. The fourth-order valence-corrected chi connectivity index (χ4v) is 3.03. The van der Waals surface area contributed by atoms with Gasteiger partial charge < -0.3 is 10.5 Å². The van der Waals surface area contributed by atoms with Crippen molar-refractivity contribution in [1.29, 1.82) is 5.26 Å². The first-order valence-corrected chi connectivity index (χ1v) is 7.07. The van der Waals surface area contributed by atoms with Crippen LogP contribution in [0, 0.1) is 11.3 Å². The highest BCUT2D eigenvalue weighted by Gasteiger charge is 2.16. The molecule has 4 heteroatoms. The van der Waals surface area contributed by atoms with E-state index in [0.717, 1.165) is 28.2 Å². The van der Waals surface area contributed by atoms with Crippen LogP contribution in [0.2, 0.25) is 0 Å². The standard InChI is InChI=1S/C15H16N2OS/c1-3-13-14(12(9-16)15(17)19-13)10-5-7-11(8-6-10)18-4-2/h5-8H,3-4,17H2,1-2H3. The number of ether oxygens (including phenoxy) is 1. The molecule has 2 rings (SSSR count). The van der Waals surface area contributed by atoms with Gasteiger partial charge in [0.1, 0.15) is 16.8 Å². The molecule has 0 saturated carbocycles. The van der Waals surface area contributed by atoms with Gasteiger partial charge in [-0.05, 0) is 31.0 Å². The van der Waals surface area contributed by atoms with Crippen LogP contribution in [0.5, 0.6) is 5.75 Å². The Balaban J connectivity index is 2.49. The van der Waals surface area contributed by atoms with Crippen molar-refractivity contribution in [2.24, 2.45) is 0 Å². The van der Waals surface area contributed by atoms with Gasteiger partial charge in [0.05, 0.1) is 12.2 Å². The summed E-state index contributed by atoms with van der Waals surface area (Å²) in [5.41, 5.74) is 8.49. The number of anilines is 1. The normalized spacial score (nSPS) is 10.2. The van der Waals surface area contributed by atoms with E-state index in [4.69, 9.17) is 10.5 Å². The lowest BCUT2D eigenvalue weighted by Crippen LogP contribution is -1.91. The van der Waals surface area contributed by atoms with Crippen molar-refractivity contribution < 1.29 is 4.74 Å². The van der Waals surface area contributed by atoms with Gasteiger partial charge in [0.2, 0.25) is 0 Å². The molecule has 2 aromatic rings. The highest BCUT2D eigenvalue weighted by molar-refractivity contribution is 7.16. The molecule has 0 fully saturated rings. The lowest BCUT2D eigenvalue weighted by atomic mass is 10.0. The highest BCUT2D eigenvalue weighted by atomic mass is 32.1. The molecule has 1 aromatic carbocycles. The molecule has 0 amide bonds. The second kappa shape index (κ2) is 5.77. The van der Waals surface area contributed by atoms with Crippen molar-refractivity contribution in [3.63, 3.8) is 0 Å². The number of nitrogen functional groups attached to an aromatic ring is 1. The lowest BCUT2D eigenvalue weighted by molar-refractivity contribution is 0.340. The molecule has 2 N–H and O–H groups in total. The third kappa shape index (κ3) is 2.56. The Morgan fingerprint density at radius 3 is 2.47 bits per heavy atom. The Morgan fingerprint density at radius 1 is 1.26 bits per heavy atom. The van der Waals surface area contributed by atoms with Gasteiger partial charge in [-0.1, -0.05) is 19.1 Å². The van der Waals surface area contributed by atoms with Crippen LogP contribution < -0.4 is 10.5 Å². The molecule has 19 heavy (non-hydrogen) atoms. The predicted molar refractivity (Wildman–Crippen MR) is 79.4 cm³/mol. The Labute approximate surface area is 117 Å². The lowest BCUT2D eigenvalue weighted by Gasteiger charge is -2.06. The minimum Gasteiger partial charge on any atom is -0.494 e. The van der Waals surface area contributed by atoms with Crippen LogP contribution in [0.3, 0.4) is 0 Å². The van der Waals surface area contributed by atoms with Gasteiger partial charge in [-0.3, -0.25) is 0 Å². The topological polar surface area (TPSA) is 59.0 Å². The molecule has 0 aliphatic heterocycles. The van der Waals surface area contributed by atoms with E-state index in [1.165, 1.54) is 11.3 Å². The number of rotatable bonds is 4. The summed E-state index contributed by atoms with van der Waals surface area (Å²) in [4.78, 5) is 1.15. The number of hydrogen-bond donors (Lipinski definition) is 1. The molecule has 0 radical (unpaired) electrons. The molecule has 0 spiro atoms. The first-order valence-electron chi connectivity index (χ1n) is 6.25. The van der Waals surface area contributed by atoms with E-state index in [1.54, 1.807) is 0 Å². The van der Waals surface area contributed by atoms with Crippen molar-refractivity contribution in [3.8, 4) is 22.9 Å². The average molecular weight is 272 g/mol. The zero-order valence-corrected chi connectivity index (χ0v) is 11.9. The quantitative estimate of drug-likeness (QED) is 0.920. The van der Waals surface area contributed by atoms with Crippen LogP contribution in [0.4, 0.5) is 5.00 Å². The molecule has 0 aliphatic rings. The van der Waals surface area contributed by atoms with Crippen LogP contribution in [-0.2, 0) is 6.42 Å². The van der Waals surface area contributed by atoms with E-state index in [0.29, 0.717) is 17.2 Å².